The first-order valence-electron chi connectivity index (χ1n) is 7.08. The van der Waals surface area contributed by atoms with Gasteiger partial charge in [-0.05, 0) is 26.3 Å². The van der Waals surface area contributed by atoms with Crippen molar-refractivity contribution in [1.29, 1.82) is 0 Å². The fourth-order valence-electron chi connectivity index (χ4n) is 1.57. The van der Waals surface area contributed by atoms with Crippen LogP contribution in [0, 0.1) is 0 Å². The molecule has 0 aliphatic carbocycles. The molecule has 116 valence electrons. The molecular weight excluding hydrogens is 264 g/mol. The summed E-state index contributed by atoms with van der Waals surface area (Å²) < 4.78 is 0. The van der Waals surface area contributed by atoms with Crippen LogP contribution in [0.25, 0.3) is 0 Å². The van der Waals surface area contributed by atoms with Gasteiger partial charge in [0.15, 0.2) is 5.96 Å². The normalized spacial score (nSPS) is 12.0. The highest BCUT2D eigenvalue weighted by molar-refractivity contribution is 5.86. The maximum absolute atomic E-state index is 11.7. The number of nitrogens with zero attached hydrogens (tertiary/aromatic N) is 2. The third kappa shape index (κ3) is 7.34. The molecule has 1 rings (SSSR count). The van der Waals surface area contributed by atoms with Crippen LogP contribution in [0.15, 0.2) is 35.3 Å². The van der Waals surface area contributed by atoms with Gasteiger partial charge in [-0.25, -0.2) is 4.99 Å². The Balaban J connectivity index is 2.70. The first-order valence-corrected chi connectivity index (χ1v) is 7.08. The van der Waals surface area contributed by atoms with Crippen molar-refractivity contribution in [2.75, 3.05) is 20.6 Å². The number of carbonyl (C=O) groups excluding carboxylic acids is 1. The van der Waals surface area contributed by atoms with E-state index < -0.39 is 0 Å². The summed E-state index contributed by atoms with van der Waals surface area (Å²) in [5.41, 5.74) is 1.01. The summed E-state index contributed by atoms with van der Waals surface area (Å²) in [6, 6.07) is 10.0. The Hall–Kier alpha value is -2.04. The Bertz CT molecular complexity index is 475. The molecule has 0 saturated heterocycles. The van der Waals surface area contributed by atoms with Gasteiger partial charge < -0.3 is 15.5 Å². The highest BCUT2D eigenvalue weighted by Gasteiger charge is 2.13. The second-order valence-corrected chi connectivity index (χ2v) is 6.17. The summed E-state index contributed by atoms with van der Waals surface area (Å²) in [6.45, 7) is 6.97. The highest BCUT2D eigenvalue weighted by Crippen LogP contribution is 2.02. The van der Waals surface area contributed by atoms with Gasteiger partial charge >= 0.3 is 0 Å². The van der Waals surface area contributed by atoms with E-state index in [0.717, 1.165) is 5.56 Å². The zero-order valence-corrected chi connectivity index (χ0v) is 13.6. The summed E-state index contributed by atoms with van der Waals surface area (Å²) in [5, 5.41) is 6.36. The van der Waals surface area contributed by atoms with Gasteiger partial charge in [-0.15, -0.1) is 0 Å². The quantitative estimate of drug-likeness (QED) is 0.654. The molecule has 0 heterocycles. The largest absolute Gasteiger partial charge is 0.352 e. The molecule has 0 aromatic heterocycles. The lowest BCUT2D eigenvalue weighted by Crippen LogP contribution is -2.49. The Morgan fingerprint density at radius 1 is 1.19 bits per heavy atom. The molecule has 2 N–H and O–H groups in total. The number of benzene rings is 1. The number of likely N-dealkylation sites (N-methyl/N-ethyl adjacent to an activating group) is 1. The Labute approximate surface area is 127 Å². The van der Waals surface area contributed by atoms with E-state index in [1.54, 1.807) is 19.0 Å². The lowest BCUT2D eigenvalue weighted by molar-refractivity contribution is -0.127. The van der Waals surface area contributed by atoms with Crippen LogP contribution in [0.3, 0.4) is 0 Å². The molecule has 1 amide bonds. The standard InChI is InChI=1S/C16H26N4O/c1-16(2,3)19-15(18-12-14(21)20(4)5)17-11-13-9-7-6-8-10-13/h6-10H,11-12H2,1-5H3,(H2,17,18,19). The molecule has 0 radical (unpaired) electrons. The number of aliphatic imine (C=N–C) groups is 1. The molecule has 1 aromatic carbocycles. The van der Waals surface area contributed by atoms with Crippen LogP contribution in [0.2, 0.25) is 0 Å². The topological polar surface area (TPSA) is 56.7 Å². The van der Waals surface area contributed by atoms with E-state index in [1.165, 1.54) is 0 Å². The molecule has 0 aliphatic heterocycles. The number of nitrogens with one attached hydrogen (secondary N) is 2. The molecule has 21 heavy (non-hydrogen) atoms. The van der Waals surface area contributed by atoms with Gasteiger partial charge in [-0.3, -0.25) is 4.79 Å². The number of guanidine groups is 1. The molecule has 0 atom stereocenters. The minimum absolute atomic E-state index is 0.0121. The summed E-state index contributed by atoms with van der Waals surface area (Å²) in [5.74, 6) is 0.652. The molecule has 0 spiro atoms. The Morgan fingerprint density at radius 2 is 1.81 bits per heavy atom. The maximum Gasteiger partial charge on any atom is 0.241 e. The summed E-state index contributed by atoms with van der Waals surface area (Å²) >= 11 is 0. The number of amides is 1. The predicted molar refractivity (Wildman–Crippen MR) is 87.2 cm³/mol. The van der Waals surface area contributed by atoms with Gasteiger partial charge in [0.1, 0.15) is 0 Å². The van der Waals surface area contributed by atoms with Crippen LogP contribution < -0.4 is 10.6 Å². The molecule has 0 fully saturated rings. The number of hydrogen-bond acceptors (Lipinski definition) is 2. The monoisotopic (exact) mass is 290 g/mol. The van der Waals surface area contributed by atoms with Crippen LogP contribution in [-0.4, -0.2) is 42.9 Å². The van der Waals surface area contributed by atoms with Crippen molar-refractivity contribution in [3.05, 3.63) is 35.9 Å². The van der Waals surface area contributed by atoms with Crippen molar-refractivity contribution in [3.8, 4) is 0 Å². The van der Waals surface area contributed by atoms with Gasteiger partial charge in [0.25, 0.3) is 0 Å². The molecule has 0 unspecified atom stereocenters. The molecule has 0 aliphatic rings. The average Bonchev–Trinajstić information content (AvgIpc) is 2.41. The minimum atomic E-state index is -0.121. The van der Waals surface area contributed by atoms with Crippen LogP contribution in [0.4, 0.5) is 0 Å². The molecule has 5 nitrogen and oxygen atoms in total. The van der Waals surface area contributed by atoms with Crippen molar-refractivity contribution < 1.29 is 4.79 Å². The van der Waals surface area contributed by atoms with E-state index in [1.807, 2.05) is 30.3 Å². The van der Waals surface area contributed by atoms with E-state index in [0.29, 0.717) is 12.5 Å². The van der Waals surface area contributed by atoms with Crippen molar-refractivity contribution in [1.82, 2.24) is 15.5 Å². The fraction of sp³-hybridized carbons (Fsp3) is 0.500. The SMILES string of the molecule is CN(C)C(=O)CNC(=NCc1ccccc1)NC(C)(C)C. The van der Waals surface area contributed by atoms with Gasteiger partial charge in [-0.1, -0.05) is 30.3 Å². The maximum atomic E-state index is 11.7. The predicted octanol–water partition coefficient (Wildman–Crippen LogP) is 1.61. The third-order valence-corrected chi connectivity index (χ3v) is 2.66. The van der Waals surface area contributed by atoms with Crippen molar-refractivity contribution in [2.45, 2.75) is 32.9 Å². The second kappa shape index (κ2) is 7.67. The Morgan fingerprint density at radius 3 is 2.33 bits per heavy atom. The van der Waals surface area contributed by atoms with E-state index >= 15 is 0 Å². The molecule has 0 bridgehead atoms. The summed E-state index contributed by atoms with van der Waals surface area (Å²) in [4.78, 5) is 17.8. The van der Waals surface area contributed by atoms with Crippen LogP contribution in [0.5, 0.6) is 0 Å². The smallest absolute Gasteiger partial charge is 0.241 e. The van der Waals surface area contributed by atoms with Gasteiger partial charge in [0.2, 0.25) is 5.91 Å². The third-order valence-electron chi connectivity index (χ3n) is 2.66. The van der Waals surface area contributed by atoms with Crippen molar-refractivity contribution in [3.63, 3.8) is 0 Å². The number of rotatable bonds is 4. The van der Waals surface area contributed by atoms with E-state index in [9.17, 15) is 4.79 Å². The summed E-state index contributed by atoms with van der Waals surface area (Å²) in [6.07, 6.45) is 0. The second-order valence-electron chi connectivity index (χ2n) is 6.17. The number of hydrogen-bond donors (Lipinski definition) is 2. The van der Waals surface area contributed by atoms with Crippen LogP contribution in [0.1, 0.15) is 26.3 Å². The first kappa shape index (κ1) is 17.0. The fourth-order valence-corrected chi connectivity index (χ4v) is 1.57. The number of carbonyl (C=O) groups is 1. The van der Waals surface area contributed by atoms with E-state index in [2.05, 4.69) is 36.4 Å². The highest BCUT2D eigenvalue weighted by atomic mass is 16.2. The average molecular weight is 290 g/mol. The zero-order chi connectivity index (χ0) is 15.9. The zero-order valence-electron chi connectivity index (χ0n) is 13.6. The van der Waals surface area contributed by atoms with Gasteiger partial charge in [-0.2, -0.15) is 0 Å². The summed E-state index contributed by atoms with van der Waals surface area (Å²) in [7, 11) is 3.48. The molecule has 5 heteroatoms. The minimum Gasteiger partial charge on any atom is -0.352 e. The van der Waals surface area contributed by atoms with E-state index in [4.69, 9.17) is 0 Å². The molecular formula is C16H26N4O. The first-order chi connectivity index (χ1) is 9.78. The van der Waals surface area contributed by atoms with Crippen molar-refractivity contribution in [2.24, 2.45) is 4.99 Å². The molecule has 0 saturated carbocycles. The van der Waals surface area contributed by atoms with E-state index in [-0.39, 0.29) is 18.0 Å². The molecule has 1 aromatic rings. The van der Waals surface area contributed by atoms with Gasteiger partial charge in [0, 0.05) is 19.6 Å². The van der Waals surface area contributed by atoms with Crippen LogP contribution in [-0.2, 0) is 11.3 Å². The lowest BCUT2D eigenvalue weighted by Gasteiger charge is -2.24. The lowest BCUT2D eigenvalue weighted by atomic mass is 10.1. The van der Waals surface area contributed by atoms with Gasteiger partial charge in [0.05, 0.1) is 13.1 Å². The van der Waals surface area contributed by atoms with Crippen LogP contribution >= 0.6 is 0 Å². The Kier molecular flexibility index (Phi) is 6.21. The van der Waals surface area contributed by atoms with Crippen molar-refractivity contribution >= 4 is 11.9 Å².